The molecule has 5 heteroatoms. The molecular formula is C21H22FNO3. The second kappa shape index (κ2) is 7.20. The number of hydrogen-bond acceptors (Lipinski definition) is 3. The van der Waals surface area contributed by atoms with Gasteiger partial charge < -0.3 is 14.1 Å². The Labute approximate surface area is 152 Å². The number of aryl methyl sites for hydroxylation is 3. The molecule has 4 nitrogen and oxygen atoms in total. The van der Waals surface area contributed by atoms with Crippen LogP contribution in [0.5, 0.6) is 5.75 Å². The SMILES string of the molecule is Cc1cc(C)cc(OCCN(C)C(=O)c2oc3ccc(F)cc3c2C)c1. The van der Waals surface area contributed by atoms with Gasteiger partial charge in [0.1, 0.15) is 23.8 Å². The lowest BCUT2D eigenvalue weighted by atomic mass is 10.1. The first-order valence-electron chi connectivity index (χ1n) is 8.50. The number of hydrogen-bond donors (Lipinski definition) is 0. The number of rotatable bonds is 5. The molecule has 0 aliphatic rings. The van der Waals surface area contributed by atoms with Crippen LogP contribution in [0.1, 0.15) is 27.2 Å². The molecule has 3 rings (SSSR count). The summed E-state index contributed by atoms with van der Waals surface area (Å²) in [5, 5.41) is 0.619. The number of carbonyl (C=O) groups excluding carboxylic acids is 1. The van der Waals surface area contributed by atoms with E-state index in [4.69, 9.17) is 9.15 Å². The quantitative estimate of drug-likeness (QED) is 0.669. The summed E-state index contributed by atoms with van der Waals surface area (Å²) in [6, 6.07) is 10.3. The summed E-state index contributed by atoms with van der Waals surface area (Å²) in [6.07, 6.45) is 0. The first kappa shape index (κ1) is 18.0. The highest BCUT2D eigenvalue weighted by molar-refractivity contribution is 5.98. The molecule has 0 radical (unpaired) electrons. The van der Waals surface area contributed by atoms with Gasteiger partial charge in [-0.3, -0.25) is 4.79 Å². The van der Waals surface area contributed by atoms with Crippen molar-refractivity contribution in [3.05, 3.63) is 64.7 Å². The summed E-state index contributed by atoms with van der Waals surface area (Å²) in [6.45, 7) is 6.58. The van der Waals surface area contributed by atoms with Gasteiger partial charge in [-0.2, -0.15) is 0 Å². The first-order valence-corrected chi connectivity index (χ1v) is 8.50. The fourth-order valence-electron chi connectivity index (χ4n) is 2.99. The van der Waals surface area contributed by atoms with Crippen LogP contribution in [0.2, 0.25) is 0 Å². The molecule has 0 unspecified atom stereocenters. The van der Waals surface area contributed by atoms with E-state index >= 15 is 0 Å². The zero-order valence-electron chi connectivity index (χ0n) is 15.4. The summed E-state index contributed by atoms with van der Waals surface area (Å²) < 4.78 is 24.8. The Bertz CT molecular complexity index is 941. The lowest BCUT2D eigenvalue weighted by Gasteiger charge is -2.17. The molecule has 3 aromatic rings. The summed E-state index contributed by atoms with van der Waals surface area (Å²) in [7, 11) is 1.69. The summed E-state index contributed by atoms with van der Waals surface area (Å²) in [4.78, 5) is 14.2. The molecule has 1 aromatic heterocycles. The molecule has 0 atom stereocenters. The number of carbonyl (C=O) groups is 1. The van der Waals surface area contributed by atoms with Crippen molar-refractivity contribution in [1.82, 2.24) is 4.90 Å². The van der Waals surface area contributed by atoms with Crippen molar-refractivity contribution in [3.8, 4) is 5.75 Å². The zero-order valence-corrected chi connectivity index (χ0v) is 15.4. The van der Waals surface area contributed by atoms with Crippen LogP contribution in [-0.4, -0.2) is 31.0 Å². The number of nitrogens with zero attached hydrogens (tertiary/aromatic N) is 1. The maximum atomic E-state index is 13.4. The van der Waals surface area contributed by atoms with E-state index in [9.17, 15) is 9.18 Å². The van der Waals surface area contributed by atoms with Crippen molar-refractivity contribution in [2.75, 3.05) is 20.2 Å². The van der Waals surface area contributed by atoms with Crippen LogP contribution in [0, 0.1) is 26.6 Å². The number of amides is 1. The molecule has 0 fully saturated rings. The predicted octanol–water partition coefficient (Wildman–Crippen LogP) is 4.65. The normalized spacial score (nSPS) is 11.0. The number of fused-ring (bicyclic) bond motifs is 1. The van der Waals surface area contributed by atoms with Crippen LogP contribution in [0.15, 0.2) is 40.8 Å². The Morgan fingerprint density at radius 1 is 1.12 bits per heavy atom. The predicted molar refractivity (Wildman–Crippen MR) is 99.3 cm³/mol. The zero-order chi connectivity index (χ0) is 18.8. The van der Waals surface area contributed by atoms with Crippen molar-refractivity contribution < 1.29 is 18.3 Å². The molecule has 2 aromatic carbocycles. The molecule has 0 bridgehead atoms. The highest BCUT2D eigenvalue weighted by Gasteiger charge is 2.21. The molecule has 0 spiro atoms. The molecule has 1 heterocycles. The second-order valence-electron chi connectivity index (χ2n) is 6.60. The molecule has 0 aliphatic carbocycles. The van der Waals surface area contributed by atoms with Crippen LogP contribution >= 0.6 is 0 Å². The summed E-state index contributed by atoms with van der Waals surface area (Å²) >= 11 is 0. The standard InChI is InChI=1S/C21H22FNO3/c1-13-9-14(2)11-17(10-13)25-8-7-23(4)21(24)20-15(3)18-12-16(22)5-6-19(18)26-20/h5-6,9-12H,7-8H2,1-4H3. The van der Waals surface area contributed by atoms with Gasteiger partial charge in [0, 0.05) is 18.0 Å². The molecule has 0 saturated heterocycles. The van der Waals surface area contributed by atoms with Crippen LogP contribution in [-0.2, 0) is 0 Å². The van der Waals surface area contributed by atoms with Gasteiger partial charge in [0.2, 0.25) is 0 Å². The van der Waals surface area contributed by atoms with Gasteiger partial charge in [-0.15, -0.1) is 0 Å². The molecule has 0 saturated carbocycles. The van der Waals surface area contributed by atoms with Gasteiger partial charge in [0.05, 0.1) is 6.54 Å². The topological polar surface area (TPSA) is 42.7 Å². The van der Waals surface area contributed by atoms with Gasteiger partial charge in [-0.25, -0.2) is 4.39 Å². The van der Waals surface area contributed by atoms with E-state index in [0.717, 1.165) is 16.9 Å². The first-order chi connectivity index (χ1) is 12.3. The monoisotopic (exact) mass is 355 g/mol. The van der Waals surface area contributed by atoms with Crippen LogP contribution in [0.3, 0.4) is 0 Å². The minimum atomic E-state index is -0.351. The Balaban J connectivity index is 1.67. The Hall–Kier alpha value is -2.82. The average molecular weight is 355 g/mol. The van der Waals surface area contributed by atoms with E-state index in [-0.39, 0.29) is 17.5 Å². The Morgan fingerprint density at radius 2 is 1.81 bits per heavy atom. The minimum Gasteiger partial charge on any atom is -0.492 e. The van der Waals surface area contributed by atoms with E-state index in [0.29, 0.717) is 29.7 Å². The third-order valence-corrected chi connectivity index (χ3v) is 4.33. The number of benzene rings is 2. The van der Waals surface area contributed by atoms with Gasteiger partial charge in [0.15, 0.2) is 5.76 Å². The van der Waals surface area contributed by atoms with Crippen LogP contribution in [0.25, 0.3) is 11.0 Å². The number of halogens is 1. The van der Waals surface area contributed by atoms with Gasteiger partial charge in [-0.1, -0.05) is 6.07 Å². The average Bonchev–Trinajstić information content (AvgIpc) is 2.89. The number of ether oxygens (including phenoxy) is 1. The molecular weight excluding hydrogens is 333 g/mol. The smallest absolute Gasteiger partial charge is 0.289 e. The molecule has 0 aliphatic heterocycles. The molecule has 1 amide bonds. The minimum absolute atomic E-state index is 0.236. The van der Waals surface area contributed by atoms with E-state index in [2.05, 4.69) is 6.07 Å². The number of likely N-dealkylation sites (N-methyl/N-ethyl adjacent to an activating group) is 1. The van der Waals surface area contributed by atoms with Crippen molar-refractivity contribution >= 4 is 16.9 Å². The summed E-state index contributed by atoms with van der Waals surface area (Å²) in [5.41, 5.74) is 3.42. The van der Waals surface area contributed by atoms with E-state index in [1.165, 1.54) is 18.2 Å². The third-order valence-electron chi connectivity index (χ3n) is 4.33. The fraction of sp³-hybridized carbons (Fsp3) is 0.286. The Morgan fingerprint density at radius 3 is 2.50 bits per heavy atom. The van der Waals surface area contributed by atoms with Gasteiger partial charge >= 0.3 is 0 Å². The highest BCUT2D eigenvalue weighted by atomic mass is 19.1. The highest BCUT2D eigenvalue weighted by Crippen LogP contribution is 2.26. The maximum absolute atomic E-state index is 13.4. The van der Waals surface area contributed by atoms with Crippen molar-refractivity contribution in [1.29, 1.82) is 0 Å². The van der Waals surface area contributed by atoms with Gasteiger partial charge in [0.25, 0.3) is 5.91 Å². The van der Waals surface area contributed by atoms with Crippen molar-refractivity contribution in [2.45, 2.75) is 20.8 Å². The summed E-state index contributed by atoms with van der Waals surface area (Å²) in [5.74, 6) is 0.428. The fourth-order valence-corrected chi connectivity index (χ4v) is 2.99. The molecule has 0 N–H and O–H groups in total. The maximum Gasteiger partial charge on any atom is 0.289 e. The van der Waals surface area contributed by atoms with E-state index in [1.54, 1.807) is 18.9 Å². The molecule has 26 heavy (non-hydrogen) atoms. The lowest BCUT2D eigenvalue weighted by molar-refractivity contribution is 0.0743. The Kier molecular flexibility index (Phi) is 4.98. The van der Waals surface area contributed by atoms with Crippen molar-refractivity contribution in [2.24, 2.45) is 0 Å². The van der Waals surface area contributed by atoms with Crippen molar-refractivity contribution in [3.63, 3.8) is 0 Å². The third kappa shape index (κ3) is 3.72. The van der Waals surface area contributed by atoms with Gasteiger partial charge in [-0.05, 0) is 62.2 Å². The lowest BCUT2D eigenvalue weighted by Crippen LogP contribution is -2.31. The largest absolute Gasteiger partial charge is 0.492 e. The molecule has 136 valence electrons. The van der Waals surface area contributed by atoms with Crippen LogP contribution in [0.4, 0.5) is 4.39 Å². The van der Waals surface area contributed by atoms with E-state index in [1.807, 2.05) is 26.0 Å². The second-order valence-corrected chi connectivity index (χ2v) is 6.60. The van der Waals surface area contributed by atoms with Crippen LogP contribution < -0.4 is 4.74 Å². The van der Waals surface area contributed by atoms with E-state index < -0.39 is 0 Å². The number of furan rings is 1.